The third kappa shape index (κ3) is 9.92. The van der Waals surface area contributed by atoms with E-state index in [0.29, 0.717) is 5.75 Å². The second-order valence-corrected chi connectivity index (χ2v) is 7.84. The van der Waals surface area contributed by atoms with E-state index in [-0.39, 0.29) is 0 Å². The van der Waals surface area contributed by atoms with Gasteiger partial charge in [0, 0.05) is 0 Å². The van der Waals surface area contributed by atoms with Crippen LogP contribution in [-0.4, -0.2) is 5.11 Å². The largest absolute Gasteiger partial charge is 0.508 e. The predicted octanol–water partition coefficient (Wildman–Crippen LogP) is 8.03. The third-order valence-electron chi connectivity index (χ3n) is 5.67. The maximum atomic E-state index is 9.72. The van der Waals surface area contributed by atoms with Crippen LogP contribution in [0.25, 0.3) is 0 Å². The van der Waals surface area contributed by atoms with E-state index in [2.05, 4.69) is 19.9 Å². The fourth-order valence-electron chi connectivity index (χ4n) is 3.64. The lowest BCUT2D eigenvalue weighted by atomic mass is 9.97. The summed E-state index contributed by atoms with van der Waals surface area (Å²) in [6.45, 7) is 6.43. The Morgan fingerprint density at radius 1 is 0.600 bits per heavy atom. The minimum Gasteiger partial charge on any atom is -0.508 e. The monoisotopic (exact) mass is 346 g/mol. The van der Waals surface area contributed by atoms with Crippen LogP contribution in [0.2, 0.25) is 0 Å². The van der Waals surface area contributed by atoms with Gasteiger partial charge in [-0.1, -0.05) is 96.5 Å². The van der Waals surface area contributed by atoms with Crippen LogP contribution in [0.15, 0.2) is 12.1 Å². The van der Waals surface area contributed by atoms with Crippen LogP contribution in [0.4, 0.5) is 0 Å². The molecule has 0 spiro atoms. The predicted molar refractivity (Wildman–Crippen MR) is 112 cm³/mol. The van der Waals surface area contributed by atoms with E-state index in [1.165, 1.54) is 101 Å². The van der Waals surface area contributed by atoms with Gasteiger partial charge in [0.2, 0.25) is 0 Å². The average Bonchev–Trinajstić information content (AvgIpc) is 2.61. The molecule has 1 N–H and O–H groups in total. The molecule has 1 nitrogen and oxygen atoms in total. The van der Waals surface area contributed by atoms with E-state index in [1.54, 1.807) is 0 Å². The van der Waals surface area contributed by atoms with Crippen LogP contribution in [0.5, 0.6) is 5.75 Å². The summed E-state index contributed by atoms with van der Waals surface area (Å²) in [4.78, 5) is 0. The van der Waals surface area contributed by atoms with Gasteiger partial charge >= 0.3 is 0 Å². The summed E-state index contributed by atoms with van der Waals surface area (Å²) in [6, 6.07) is 3.95. The van der Waals surface area contributed by atoms with Gasteiger partial charge in [-0.05, 0) is 49.4 Å². The fraction of sp³-hybridized carbons (Fsp3) is 0.750. The molecule has 1 aromatic rings. The van der Waals surface area contributed by atoms with Gasteiger partial charge in [-0.2, -0.15) is 0 Å². The number of phenolic OH excluding ortho intramolecular Hbond substituents is 1. The highest BCUT2D eigenvalue weighted by Gasteiger charge is 2.05. The maximum absolute atomic E-state index is 9.72. The zero-order valence-corrected chi connectivity index (χ0v) is 17.2. The minimum absolute atomic E-state index is 0.433. The average molecular weight is 347 g/mol. The molecule has 1 aromatic carbocycles. The van der Waals surface area contributed by atoms with Crippen LogP contribution in [0.1, 0.15) is 114 Å². The van der Waals surface area contributed by atoms with Crippen molar-refractivity contribution in [3.05, 3.63) is 28.8 Å². The second kappa shape index (κ2) is 14.2. The smallest absolute Gasteiger partial charge is 0.118 e. The Bertz CT molecular complexity index is 450. The van der Waals surface area contributed by atoms with Crippen LogP contribution >= 0.6 is 0 Å². The Balaban J connectivity index is 1.90. The molecule has 0 amide bonds. The number of unbranched alkanes of at least 4 members (excludes halogenated alkanes) is 13. The molecule has 0 saturated carbocycles. The highest BCUT2D eigenvalue weighted by Crippen LogP contribution is 2.24. The SMILES string of the molecule is CCCCCCCCCCCCCCCCc1ccc(O)c(C)c1C. The molecule has 1 rings (SSSR count). The summed E-state index contributed by atoms with van der Waals surface area (Å²) < 4.78 is 0. The first-order valence-corrected chi connectivity index (χ1v) is 10.9. The third-order valence-corrected chi connectivity index (χ3v) is 5.67. The van der Waals surface area contributed by atoms with Crippen LogP contribution in [0.3, 0.4) is 0 Å². The molecule has 0 unspecified atom stereocenters. The number of aromatic hydroxyl groups is 1. The summed E-state index contributed by atoms with van der Waals surface area (Å²) in [5, 5.41) is 9.72. The molecular formula is C24H42O. The zero-order valence-electron chi connectivity index (χ0n) is 17.2. The lowest BCUT2D eigenvalue weighted by molar-refractivity contribution is 0.470. The Morgan fingerprint density at radius 3 is 1.52 bits per heavy atom. The fourth-order valence-corrected chi connectivity index (χ4v) is 3.64. The number of hydrogen-bond acceptors (Lipinski definition) is 1. The number of rotatable bonds is 15. The molecule has 0 radical (unpaired) electrons. The molecule has 0 saturated heterocycles. The molecule has 144 valence electrons. The highest BCUT2D eigenvalue weighted by atomic mass is 16.3. The van der Waals surface area contributed by atoms with Crippen molar-refractivity contribution in [2.45, 2.75) is 117 Å². The second-order valence-electron chi connectivity index (χ2n) is 7.84. The maximum Gasteiger partial charge on any atom is 0.118 e. The van der Waals surface area contributed by atoms with Crippen molar-refractivity contribution in [1.29, 1.82) is 0 Å². The zero-order chi connectivity index (χ0) is 18.3. The van der Waals surface area contributed by atoms with E-state index >= 15 is 0 Å². The molecule has 0 aliphatic heterocycles. The molecule has 0 aliphatic carbocycles. The lowest BCUT2D eigenvalue weighted by Gasteiger charge is -2.10. The van der Waals surface area contributed by atoms with Crippen molar-refractivity contribution < 1.29 is 5.11 Å². The van der Waals surface area contributed by atoms with Crippen molar-refractivity contribution in [2.75, 3.05) is 0 Å². The highest BCUT2D eigenvalue weighted by molar-refractivity contribution is 5.42. The van der Waals surface area contributed by atoms with Gasteiger partial charge < -0.3 is 5.11 Å². The van der Waals surface area contributed by atoms with E-state index < -0.39 is 0 Å². The van der Waals surface area contributed by atoms with Crippen molar-refractivity contribution in [3.8, 4) is 5.75 Å². The van der Waals surface area contributed by atoms with Gasteiger partial charge in [-0.15, -0.1) is 0 Å². The number of benzene rings is 1. The molecule has 0 bridgehead atoms. The molecule has 0 heterocycles. The van der Waals surface area contributed by atoms with Crippen molar-refractivity contribution in [2.24, 2.45) is 0 Å². The van der Waals surface area contributed by atoms with Gasteiger partial charge in [0.25, 0.3) is 0 Å². The van der Waals surface area contributed by atoms with E-state index in [0.717, 1.165) is 12.0 Å². The molecule has 0 aromatic heterocycles. The van der Waals surface area contributed by atoms with Gasteiger partial charge in [-0.3, -0.25) is 0 Å². The van der Waals surface area contributed by atoms with Crippen molar-refractivity contribution in [3.63, 3.8) is 0 Å². The van der Waals surface area contributed by atoms with E-state index in [9.17, 15) is 5.11 Å². The van der Waals surface area contributed by atoms with Gasteiger partial charge in [-0.25, -0.2) is 0 Å². The van der Waals surface area contributed by atoms with Crippen molar-refractivity contribution >= 4 is 0 Å². The normalized spacial score (nSPS) is 11.2. The summed E-state index contributed by atoms with van der Waals surface area (Å²) in [6.07, 6.45) is 20.9. The minimum atomic E-state index is 0.433. The molecule has 0 atom stereocenters. The first-order chi connectivity index (χ1) is 12.2. The van der Waals surface area contributed by atoms with Crippen LogP contribution in [0, 0.1) is 13.8 Å². The van der Waals surface area contributed by atoms with Crippen LogP contribution in [-0.2, 0) is 6.42 Å². The standard InChI is InChI=1S/C24H42O/c1-4-5-6-7-8-9-10-11-12-13-14-15-16-17-18-23-19-20-24(25)22(3)21(23)2/h19-20,25H,4-18H2,1-3H3. The molecule has 1 heteroatoms. The first kappa shape index (κ1) is 22.1. The lowest BCUT2D eigenvalue weighted by Crippen LogP contribution is -1.93. The van der Waals surface area contributed by atoms with E-state index in [4.69, 9.17) is 0 Å². The Labute approximate surface area is 157 Å². The summed E-state index contributed by atoms with van der Waals surface area (Å²) in [7, 11) is 0. The van der Waals surface area contributed by atoms with Crippen molar-refractivity contribution in [1.82, 2.24) is 0 Å². The quantitative estimate of drug-likeness (QED) is 0.319. The number of phenols is 1. The topological polar surface area (TPSA) is 20.2 Å². The van der Waals surface area contributed by atoms with Gasteiger partial charge in [0.1, 0.15) is 5.75 Å². The first-order valence-electron chi connectivity index (χ1n) is 10.9. The van der Waals surface area contributed by atoms with Gasteiger partial charge in [0.15, 0.2) is 0 Å². The number of hydrogen-bond donors (Lipinski definition) is 1. The summed E-state index contributed by atoms with van der Waals surface area (Å²) >= 11 is 0. The Hall–Kier alpha value is -0.980. The Kier molecular flexibility index (Phi) is 12.5. The van der Waals surface area contributed by atoms with Gasteiger partial charge in [0.05, 0.1) is 0 Å². The summed E-state index contributed by atoms with van der Waals surface area (Å²) in [5.41, 5.74) is 3.73. The van der Waals surface area contributed by atoms with Crippen LogP contribution < -0.4 is 0 Å². The molecule has 25 heavy (non-hydrogen) atoms. The molecule has 0 aliphatic rings. The molecule has 0 fully saturated rings. The summed E-state index contributed by atoms with van der Waals surface area (Å²) in [5.74, 6) is 0.433. The Morgan fingerprint density at radius 2 is 1.04 bits per heavy atom. The van der Waals surface area contributed by atoms with E-state index in [1.807, 2.05) is 13.0 Å². The molecular weight excluding hydrogens is 304 g/mol. The number of aryl methyl sites for hydroxylation is 1.